The number of nitrogens with one attached hydrogen (secondary N) is 1. The summed E-state index contributed by atoms with van der Waals surface area (Å²) < 4.78 is 1.07. The van der Waals surface area contributed by atoms with Gasteiger partial charge in [0.25, 0.3) is 0 Å². The second-order valence-corrected chi connectivity index (χ2v) is 8.35. The summed E-state index contributed by atoms with van der Waals surface area (Å²) in [5, 5.41) is 3.29. The van der Waals surface area contributed by atoms with Crippen LogP contribution >= 0.6 is 39.9 Å². The quantitative estimate of drug-likeness (QED) is 0.365. The minimum absolute atomic E-state index is 0. The van der Waals surface area contributed by atoms with Crippen LogP contribution in [0, 0.1) is 5.41 Å². The van der Waals surface area contributed by atoms with Gasteiger partial charge in [0.05, 0.1) is 13.1 Å². The van der Waals surface area contributed by atoms with Crippen molar-refractivity contribution in [3.8, 4) is 0 Å². The molecule has 1 saturated heterocycles. The number of rotatable bonds is 4. The van der Waals surface area contributed by atoms with Crippen LogP contribution < -0.4 is 5.32 Å². The molecule has 1 aliphatic carbocycles. The maximum atomic E-state index is 12.0. The van der Waals surface area contributed by atoms with E-state index in [1.165, 1.54) is 31.2 Å². The Labute approximate surface area is 181 Å². The zero-order valence-corrected chi connectivity index (χ0v) is 19.4. The van der Waals surface area contributed by atoms with E-state index in [0.717, 1.165) is 23.5 Å². The number of carbonyl (C=O) groups is 1. The monoisotopic (exact) mass is 534 g/mol. The van der Waals surface area contributed by atoms with Gasteiger partial charge >= 0.3 is 0 Å². The Balaban J connectivity index is 0.00000243. The number of likely N-dealkylation sites (N-methyl/N-ethyl adjacent to an activating group) is 1. The van der Waals surface area contributed by atoms with E-state index in [-0.39, 0.29) is 36.4 Å². The summed E-state index contributed by atoms with van der Waals surface area (Å²) in [6, 6.07) is 8.22. The molecule has 1 aromatic rings. The van der Waals surface area contributed by atoms with Crippen molar-refractivity contribution in [3.05, 3.63) is 34.3 Å². The molecule has 1 aliphatic heterocycles. The third kappa shape index (κ3) is 5.34. The van der Waals surface area contributed by atoms with Gasteiger partial charge in [0.2, 0.25) is 5.91 Å². The summed E-state index contributed by atoms with van der Waals surface area (Å²) in [5.41, 5.74) is 1.67. The number of amides is 1. The molecule has 2 fully saturated rings. The highest BCUT2D eigenvalue weighted by Crippen LogP contribution is 2.47. The van der Waals surface area contributed by atoms with Gasteiger partial charge in [0.15, 0.2) is 5.96 Å². The van der Waals surface area contributed by atoms with E-state index in [0.29, 0.717) is 12.0 Å². The fourth-order valence-electron chi connectivity index (χ4n) is 3.54. The van der Waals surface area contributed by atoms with Crippen molar-refractivity contribution in [2.24, 2.45) is 10.4 Å². The van der Waals surface area contributed by atoms with Crippen LogP contribution in [0.4, 0.5) is 0 Å². The van der Waals surface area contributed by atoms with E-state index in [4.69, 9.17) is 4.99 Å². The lowest BCUT2D eigenvalue weighted by Crippen LogP contribution is -2.45. The van der Waals surface area contributed by atoms with Crippen LogP contribution in [0.3, 0.4) is 0 Å². The third-order valence-corrected chi connectivity index (χ3v) is 5.90. The first-order valence-electron chi connectivity index (χ1n) is 8.95. The minimum atomic E-state index is 0. The molecule has 0 bridgehead atoms. The Morgan fingerprint density at radius 2 is 1.96 bits per heavy atom. The van der Waals surface area contributed by atoms with E-state index < -0.39 is 0 Å². The number of hydrogen-bond donors (Lipinski definition) is 1. The lowest BCUT2D eigenvalue weighted by atomic mass is 9.68. The summed E-state index contributed by atoms with van der Waals surface area (Å²) in [4.78, 5) is 20.7. The van der Waals surface area contributed by atoms with E-state index >= 15 is 0 Å². The number of likely N-dealkylation sites (tertiary alicyclic amines) is 1. The topological polar surface area (TPSA) is 47.9 Å². The maximum Gasteiger partial charge on any atom is 0.241 e. The molecular weight excluding hydrogens is 507 g/mol. The molecule has 0 radical (unpaired) electrons. The molecule has 0 aromatic heterocycles. The average molecular weight is 535 g/mol. The third-order valence-electron chi connectivity index (χ3n) is 5.37. The zero-order valence-electron chi connectivity index (χ0n) is 15.5. The number of halogens is 2. The van der Waals surface area contributed by atoms with E-state index in [9.17, 15) is 4.79 Å². The molecule has 1 N–H and O–H groups in total. The van der Waals surface area contributed by atoms with Crippen LogP contribution in [0.25, 0.3) is 0 Å². The second kappa shape index (κ2) is 9.39. The highest BCUT2D eigenvalue weighted by atomic mass is 127. The largest absolute Gasteiger partial charge is 0.347 e. The number of nitrogens with zero attached hydrogens (tertiary/aromatic N) is 3. The van der Waals surface area contributed by atoms with Crippen molar-refractivity contribution in [2.45, 2.75) is 32.2 Å². The van der Waals surface area contributed by atoms with Crippen molar-refractivity contribution in [3.63, 3.8) is 0 Å². The summed E-state index contributed by atoms with van der Waals surface area (Å²) in [6.45, 7) is 3.00. The standard InChI is InChI=1S/C19H27BrN4O.HI/c1-23(2)17(25)13-22-18(21-12-15-4-6-16(20)7-5-15)24-11-10-19(14-24)8-3-9-19;/h4-7H,3,8-14H2,1-2H3,(H,21,22);1H. The molecule has 1 amide bonds. The predicted molar refractivity (Wildman–Crippen MR) is 120 cm³/mol. The molecule has 1 saturated carbocycles. The molecule has 0 unspecified atom stereocenters. The van der Waals surface area contributed by atoms with Crippen LogP contribution in [0.2, 0.25) is 0 Å². The van der Waals surface area contributed by atoms with Gasteiger partial charge < -0.3 is 15.1 Å². The number of guanidine groups is 1. The first-order chi connectivity index (χ1) is 12.0. The normalized spacial score (nSPS) is 18.3. The van der Waals surface area contributed by atoms with Gasteiger partial charge in [-0.15, -0.1) is 24.0 Å². The van der Waals surface area contributed by atoms with Gasteiger partial charge in [0, 0.05) is 31.7 Å². The maximum absolute atomic E-state index is 12.0. The van der Waals surface area contributed by atoms with E-state index in [1.54, 1.807) is 19.0 Å². The molecule has 144 valence electrons. The Bertz CT molecular complexity index is 643. The van der Waals surface area contributed by atoms with Gasteiger partial charge in [-0.05, 0) is 42.4 Å². The Hall–Kier alpha value is -0.830. The molecule has 0 atom stereocenters. The van der Waals surface area contributed by atoms with Crippen molar-refractivity contribution >= 4 is 51.8 Å². The number of hydrogen-bond acceptors (Lipinski definition) is 2. The van der Waals surface area contributed by atoms with E-state index in [2.05, 4.69) is 38.3 Å². The van der Waals surface area contributed by atoms with Crippen LogP contribution in [-0.2, 0) is 11.3 Å². The molecule has 5 nitrogen and oxygen atoms in total. The summed E-state index contributed by atoms with van der Waals surface area (Å²) in [6.07, 6.45) is 5.26. The van der Waals surface area contributed by atoms with Gasteiger partial charge in [-0.2, -0.15) is 0 Å². The van der Waals surface area contributed by atoms with Gasteiger partial charge in [-0.3, -0.25) is 4.79 Å². The highest BCUT2D eigenvalue weighted by Gasteiger charge is 2.43. The smallest absolute Gasteiger partial charge is 0.241 e. The second-order valence-electron chi connectivity index (χ2n) is 7.43. The Morgan fingerprint density at radius 3 is 2.50 bits per heavy atom. The Morgan fingerprint density at radius 1 is 1.27 bits per heavy atom. The Kier molecular flexibility index (Phi) is 7.76. The number of carbonyl (C=O) groups excluding carboxylic acids is 1. The van der Waals surface area contributed by atoms with Crippen LogP contribution in [0.15, 0.2) is 33.7 Å². The number of benzene rings is 1. The lowest BCUT2D eigenvalue weighted by molar-refractivity contribution is -0.127. The predicted octanol–water partition coefficient (Wildman–Crippen LogP) is 3.48. The fraction of sp³-hybridized carbons (Fsp3) is 0.579. The van der Waals surface area contributed by atoms with Gasteiger partial charge in [0.1, 0.15) is 0 Å². The summed E-state index contributed by atoms with van der Waals surface area (Å²) in [7, 11) is 3.56. The van der Waals surface area contributed by atoms with Crippen molar-refractivity contribution < 1.29 is 4.79 Å². The molecule has 7 heteroatoms. The molecular formula is C19H28BrIN4O. The zero-order chi connectivity index (χ0) is 17.9. The van der Waals surface area contributed by atoms with Crippen molar-refractivity contribution in [1.29, 1.82) is 0 Å². The van der Waals surface area contributed by atoms with E-state index in [1.807, 2.05) is 12.1 Å². The number of aliphatic imine (C=N–C) groups is 1. The minimum Gasteiger partial charge on any atom is -0.347 e. The lowest BCUT2D eigenvalue weighted by Gasteiger charge is -2.38. The molecule has 3 rings (SSSR count). The molecule has 26 heavy (non-hydrogen) atoms. The summed E-state index contributed by atoms with van der Waals surface area (Å²) >= 11 is 3.46. The first-order valence-corrected chi connectivity index (χ1v) is 9.75. The molecule has 1 heterocycles. The average Bonchev–Trinajstić information content (AvgIpc) is 3.02. The van der Waals surface area contributed by atoms with Crippen molar-refractivity contribution in [1.82, 2.24) is 15.1 Å². The highest BCUT2D eigenvalue weighted by molar-refractivity contribution is 14.0. The summed E-state index contributed by atoms with van der Waals surface area (Å²) in [5.74, 6) is 0.927. The van der Waals surface area contributed by atoms with Gasteiger partial charge in [-0.1, -0.05) is 34.5 Å². The van der Waals surface area contributed by atoms with Crippen molar-refractivity contribution in [2.75, 3.05) is 33.7 Å². The van der Waals surface area contributed by atoms with Crippen LogP contribution in [0.5, 0.6) is 0 Å². The van der Waals surface area contributed by atoms with Crippen LogP contribution in [-0.4, -0.2) is 55.4 Å². The van der Waals surface area contributed by atoms with Crippen LogP contribution in [0.1, 0.15) is 31.2 Å². The molecule has 1 aromatic carbocycles. The first kappa shape index (κ1) is 21.5. The molecule has 2 aliphatic rings. The molecule has 1 spiro atoms. The van der Waals surface area contributed by atoms with Gasteiger partial charge in [-0.25, -0.2) is 4.99 Å². The fourth-order valence-corrected chi connectivity index (χ4v) is 3.80. The SMILES string of the molecule is CN(C)C(=O)CNC(=NCc1ccc(Br)cc1)N1CCC2(CCC2)C1.I.